The first-order valence-corrected chi connectivity index (χ1v) is 5.79. The maximum atomic E-state index is 11.0. The van der Waals surface area contributed by atoms with Crippen LogP contribution in [0.3, 0.4) is 0 Å². The Labute approximate surface area is 97.5 Å². The number of amidine groups is 2. The predicted octanol–water partition coefficient (Wildman–Crippen LogP) is 1.41. The maximum Gasteiger partial charge on any atom is 0.338 e. The van der Waals surface area contributed by atoms with Crippen LogP contribution in [0.15, 0.2) is 27.4 Å². The van der Waals surface area contributed by atoms with Crippen molar-refractivity contribution >= 4 is 34.9 Å². The number of rotatable bonds is 2. The summed E-state index contributed by atoms with van der Waals surface area (Å²) in [5.74, 6) is -0.448. The second kappa shape index (κ2) is 6.05. The molecule has 0 aromatic heterocycles. The Balaban J connectivity index is 2.81. The van der Waals surface area contributed by atoms with E-state index in [-0.39, 0.29) is 5.84 Å². The summed E-state index contributed by atoms with van der Waals surface area (Å²) in [7, 11) is 0. The largest absolute Gasteiger partial charge is 0.462 e. The quantitative estimate of drug-likeness (QED) is 0.448. The molecule has 0 spiro atoms. The van der Waals surface area contributed by atoms with E-state index in [2.05, 4.69) is 20.5 Å². The topological polar surface area (TPSA) is 74.9 Å². The molecular formula is C10H11N3O2S. The van der Waals surface area contributed by atoms with Gasteiger partial charge in [-0.1, -0.05) is 17.5 Å². The maximum absolute atomic E-state index is 11.0. The molecule has 0 fully saturated rings. The van der Waals surface area contributed by atoms with Crippen molar-refractivity contribution in [1.82, 2.24) is 0 Å². The van der Waals surface area contributed by atoms with E-state index >= 15 is 0 Å². The predicted molar refractivity (Wildman–Crippen MR) is 65.4 cm³/mol. The summed E-state index contributed by atoms with van der Waals surface area (Å²) in [6.45, 7) is 2.03. The molecule has 0 amide bonds. The summed E-state index contributed by atoms with van der Waals surface area (Å²) in [5, 5.41) is 8.08. The van der Waals surface area contributed by atoms with Gasteiger partial charge in [-0.3, -0.25) is 5.41 Å². The lowest BCUT2D eigenvalue weighted by atomic mass is 10.2. The van der Waals surface area contributed by atoms with E-state index in [9.17, 15) is 4.79 Å². The van der Waals surface area contributed by atoms with Crippen molar-refractivity contribution < 1.29 is 9.53 Å². The molecule has 1 rings (SSSR count). The van der Waals surface area contributed by atoms with Gasteiger partial charge in [0, 0.05) is 6.21 Å². The van der Waals surface area contributed by atoms with Crippen LogP contribution in [0.1, 0.15) is 6.92 Å². The Hall–Kier alpha value is -1.65. The van der Waals surface area contributed by atoms with Crippen LogP contribution < -0.4 is 0 Å². The monoisotopic (exact) mass is 237 g/mol. The standard InChI is InChI=1S/C10H11N3O2S/c1-3-15-8(14)5-4-7-6-12-10(16-2)13-9(7)11/h5-6,11H,3H2,1-2H3. The van der Waals surface area contributed by atoms with E-state index in [1.807, 2.05) is 6.26 Å². The molecule has 0 aromatic carbocycles. The molecule has 1 aliphatic heterocycles. The van der Waals surface area contributed by atoms with Crippen LogP contribution in [-0.4, -0.2) is 36.0 Å². The van der Waals surface area contributed by atoms with Crippen LogP contribution in [0, 0.1) is 5.41 Å². The second-order valence-electron chi connectivity index (χ2n) is 2.66. The lowest BCUT2D eigenvalue weighted by Crippen LogP contribution is -2.08. The Morgan fingerprint density at radius 3 is 3.06 bits per heavy atom. The van der Waals surface area contributed by atoms with Crippen molar-refractivity contribution in [1.29, 1.82) is 5.41 Å². The number of nitrogens with one attached hydrogen (secondary N) is 1. The van der Waals surface area contributed by atoms with Crippen molar-refractivity contribution in [2.75, 3.05) is 12.9 Å². The van der Waals surface area contributed by atoms with E-state index in [0.29, 0.717) is 17.3 Å². The van der Waals surface area contributed by atoms with E-state index < -0.39 is 5.97 Å². The van der Waals surface area contributed by atoms with Crippen LogP contribution in [-0.2, 0) is 9.53 Å². The molecule has 1 aliphatic rings. The van der Waals surface area contributed by atoms with Gasteiger partial charge in [-0.25, -0.2) is 14.8 Å². The van der Waals surface area contributed by atoms with Crippen LogP contribution in [0.2, 0.25) is 0 Å². The molecule has 84 valence electrons. The molecule has 1 N–H and O–H groups in total. The molecule has 16 heavy (non-hydrogen) atoms. The fraction of sp³-hybridized carbons (Fsp3) is 0.300. The highest BCUT2D eigenvalue weighted by Crippen LogP contribution is 2.08. The van der Waals surface area contributed by atoms with Gasteiger partial charge in [-0.15, -0.1) is 0 Å². The first-order chi connectivity index (χ1) is 7.67. The van der Waals surface area contributed by atoms with Crippen LogP contribution in [0.25, 0.3) is 0 Å². The van der Waals surface area contributed by atoms with Gasteiger partial charge in [0.15, 0.2) is 11.0 Å². The number of thioether (sulfide) groups is 1. The molecule has 0 unspecified atom stereocenters. The van der Waals surface area contributed by atoms with Gasteiger partial charge < -0.3 is 4.74 Å². The zero-order valence-electron chi connectivity index (χ0n) is 8.98. The highest BCUT2D eigenvalue weighted by Gasteiger charge is 2.08. The summed E-state index contributed by atoms with van der Waals surface area (Å²) in [4.78, 5) is 18.9. The summed E-state index contributed by atoms with van der Waals surface area (Å²) in [6, 6.07) is 0. The van der Waals surface area contributed by atoms with Crippen molar-refractivity contribution in [3.63, 3.8) is 0 Å². The third kappa shape index (κ3) is 3.49. The van der Waals surface area contributed by atoms with Gasteiger partial charge in [0.25, 0.3) is 0 Å². The average Bonchev–Trinajstić information content (AvgIpc) is 2.27. The lowest BCUT2D eigenvalue weighted by molar-refractivity contribution is -0.137. The van der Waals surface area contributed by atoms with E-state index in [1.165, 1.54) is 18.0 Å². The molecular weight excluding hydrogens is 226 g/mol. The number of carbonyl (C=O) groups is 1. The Bertz CT molecular complexity index is 431. The van der Waals surface area contributed by atoms with Crippen LogP contribution in [0.4, 0.5) is 0 Å². The third-order valence-electron chi connectivity index (χ3n) is 1.58. The molecule has 0 atom stereocenters. The summed E-state index contributed by atoms with van der Waals surface area (Å²) < 4.78 is 4.69. The summed E-state index contributed by atoms with van der Waals surface area (Å²) in [6.07, 6.45) is 4.42. The summed E-state index contributed by atoms with van der Waals surface area (Å²) >= 11 is 1.35. The molecule has 0 bridgehead atoms. The minimum Gasteiger partial charge on any atom is -0.462 e. The highest BCUT2D eigenvalue weighted by molar-refractivity contribution is 8.13. The zero-order valence-corrected chi connectivity index (χ0v) is 9.80. The molecule has 0 saturated carbocycles. The number of nitrogens with zero attached hydrogens (tertiary/aromatic N) is 2. The number of hydrogen-bond donors (Lipinski definition) is 1. The molecule has 0 aromatic rings. The van der Waals surface area contributed by atoms with Gasteiger partial charge in [0.1, 0.15) is 0 Å². The first-order valence-electron chi connectivity index (χ1n) is 4.56. The number of hydrogen-bond acceptors (Lipinski definition) is 5. The molecule has 1 heterocycles. The summed E-state index contributed by atoms with van der Waals surface area (Å²) in [5.41, 5.74) is 2.99. The van der Waals surface area contributed by atoms with Crippen molar-refractivity contribution in [2.24, 2.45) is 9.98 Å². The third-order valence-corrected chi connectivity index (χ3v) is 2.14. The fourth-order valence-corrected chi connectivity index (χ4v) is 1.23. The Morgan fingerprint density at radius 1 is 1.75 bits per heavy atom. The lowest BCUT2D eigenvalue weighted by Gasteiger charge is -2.03. The Morgan fingerprint density at radius 2 is 2.50 bits per heavy atom. The first kappa shape index (κ1) is 12.4. The van der Waals surface area contributed by atoms with Gasteiger partial charge in [-0.05, 0) is 13.2 Å². The molecule has 5 nitrogen and oxygen atoms in total. The molecule has 6 heteroatoms. The number of carbonyl (C=O) groups excluding carboxylic acids is 1. The Kier molecular flexibility index (Phi) is 4.69. The average molecular weight is 237 g/mol. The van der Waals surface area contributed by atoms with Crippen LogP contribution in [0.5, 0.6) is 0 Å². The van der Waals surface area contributed by atoms with Gasteiger partial charge in [0.2, 0.25) is 0 Å². The van der Waals surface area contributed by atoms with Crippen molar-refractivity contribution in [3.8, 4) is 0 Å². The van der Waals surface area contributed by atoms with Crippen molar-refractivity contribution in [3.05, 3.63) is 17.4 Å². The number of aliphatic imine (C=N–C) groups is 2. The fourth-order valence-electron chi connectivity index (χ4n) is 0.890. The highest BCUT2D eigenvalue weighted by atomic mass is 32.2. The number of ether oxygens (including phenoxy) is 1. The minimum absolute atomic E-state index is 0.0416. The van der Waals surface area contributed by atoms with E-state index in [4.69, 9.17) is 5.41 Å². The number of esters is 1. The van der Waals surface area contributed by atoms with E-state index in [1.54, 1.807) is 6.92 Å². The SMILES string of the molecule is CCOC(=O)C=C=C1C=NC(SC)=NC1=N. The van der Waals surface area contributed by atoms with Crippen LogP contribution >= 0.6 is 11.8 Å². The minimum atomic E-state index is -0.490. The zero-order chi connectivity index (χ0) is 12.0. The van der Waals surface area contributed by atoms with Gasteiger partial charge in [-0.2, -0.15) is 0 Å². The van der Waals surface area contributed by atoms with E-state index in [0.717, 1.165) is 6.08 Å². The smallest absolute Gasteiger partial charge is 0.338 e. The second-order valence-corrected chi connectivity index (χ2v) is 3.43. The molecule has 0 saturated heterocycles. The van der Waals surface area contributed by atoms with Crippen molar-refractivity contribution in [2.45, 2.75) is 6.92 Å². The van der Waals surface area contributed by atoms with Gasteiger partial charge >= 0.3 is 5.97 Å². The van der Waals surface area contributed by atoms with Gasteiger partial charge in [0.05, 0.1) is 18.3 Å². The normalized spacial score (nSPS) is 14.2. The molecule has 0 radical (unpaired) electrons. The molecule has 0 aliphatic carbocycles.